The Hall–Kier alpha value is -0.830. The molecule has 2 fully saturated rings. The van der Waals surface area contributed by atoms with Gasteiger partial charge in [0.05, 0.1) is 0 Å². The molecule has 2 saturated heterocycles. The quantitative estimate of drug-likeness (QED) is 0.548. The van der Waals surface area contributed by atoms with Crippen LogP contribution in [0, 0.1) is 0 Å². The Labute approximate surface area is 79.0 Å². The lowest BCUT2D eigenvalue weighted by atomic mass is 9.87. The van der Waals surface area contributed by atoms with Gasteiger partial charge in [-0.05, 0) is 32.5 Å². The third-order valence-corrected chi connectivity index (χ3v) is 3.26. The van der Waals surface area contributed by atoms with E-state index in [1.165, 1.54) is 19.0 Å². The van der Waals surface area contributed by atoms with Crippen LogP contribution < -0.4 is 0 Å². The summed E-state index contributed by atoms with van der Waals surface area (Å²) in [7, 11) is 2.15. The van der Waals surface area contributed by atoms with Crippen LogP contribution in [0.3, 0.4) is 0 Å². The number of carbonyl (C=O) groups excluding carboxylic acids is 1. The van der Waals surface area contributed by atoms with E-state index in [0.717, 1.165) is 13.0 Å². The van der Waals surface area contributed by atoms with Gasteiger partial charge < -0.3 is 4.90 Å². The molecule has 2 aliphatic rings. The second kappa shape index (κ2) is 3.14. The summed E-state index contributed by atoms with van der Waals surface area (Å²) >= 11 is 0. The highest BCUT2D eigenvalue weighted by atomic mass is 16.2. The van der Waals surface area contributed by atoms with Crippen LogP contribution >= 0.6 is 0 Å². The molecule has 0 aromatic carbocycles. The van der Waals surface area contributed by atoms with E-state index in [1.54, 1.807) is 0 Å². The van der Waals surface area contributed by atoms with Gasteiger partial charge in [-0.2, -0.15) is 0 Å². The minimum absolute atomic E-state index is 0.0940. The molecule has 2 unspecified atom stereocenters. The maximum Gasteiger partial charge on any atom is 0.246 e. The molecule has 2 aliphatic heterocycles. The number of likely N-dealkylation sites (N-methyl/N-ethyl adjacent to an activating group) is 1. The summed E-state index contributed by atoms with van der Waals surface area (Å²) in [6.07, 6.45) is 3.79. The highest BCUT2D eigenvalue weighted by molar-refractivity contribution is 5.88. The first-order valence-electron chi connectivity index (χ1n) is 4.87. The predicted molar refractivity (Wildman–Crippen MR) is 51.4 cm³/mol. The topological polar surface area (TPSA) is 23.6 Å². The summed E-state index contributed by atoms with van der Waals surface area (Å²) in [5, 5.41) is 0. The molecule has 13 heavy (non-hydrogen) atoms. The number of rotatable bonds is 1. The molecule has 0 N–H and O–H groups in total. The minimum Gasteiger partial charge on any atom is -0.333 e. The molecular weight excluding hydrogens is 164 g/mol. The van der Waals surface area contributed by atoms with E-state index in [1.807, 2.05) is 4.90 Å². The summed E-state index contributed by atoms with van der Waals surface area (Å²) in [4.78, 5) is 15.6. The Morgan fingerprint density at radius 2 is 2.31 bits per heavy atom. The van der Waals surface area contributed by atoms with Crippen LogP contribution in [0.2, 0.25) is 0 Å². The van der Waals surface area contributed by atoms with Crippen molar-refractivity contribution in [3.05, 3.63) is 12.7 Å². The fraction of sp³-hybridized carbons (Fsp3) is 0.700. The average Bonchev–Trinajstić information content (AvgIpc) is 2.08. The number of piperidine rings is 1. The van der Waals surface area contributed by atoms with E-state index in [-0.39, 0.29) is 5.91 Å². The highest BCUT2D eigenvalue weighted by Gasteiger charge is 2.44. The van der Waals surface area contributed by atoms with E-state index in [0.29, 0.717) is 12.1 Å². The molecule has 2 heterocycles. The molecule has 1 amide bonds. The monoisotopic (exact) mass is 180 g/mol. The number of fused-ring (bicyclic) bond motifs is 1. The minimum atomic E-state index is 0.0940. The van der Waals surface area contributed by atoms with Gasteiger partial charge in [0.1, 0.15) is 0 Å². The number of likely N-dealkylation sites (tertiary alicyclic amines) is 2. The van der Waals surface area contributed by atoms with E-state index in [4.69, 9.17) is 0 Å². The zero-order valence-corrected chi connectivity index (χ0v) is 8.07. The second-order valence-electron chi connectivity index (χ2n) is 3.95. The molecule has 0 spiro atoms. The van der Waals surface area contributed by atoms with Crippen molar-refractivity contribution in [3.8, 4) is 0 Å². The lowest BCUT2D eigenvalue weighted by Gasteiger charge is -2.54. The number of hydrogen-bond donors (Lipinski definition) is 0. The van der Waals surface area contributed by atoms with E-state index < -0.39 is 0 Å². The first-order chi connectivity index (χ1) is 6.24. The lowest BCUT2D eigenvalue weighted by molar-refractivity contribution is -0.142. The SMILES string of the molecule is C=CC(=O)N1CC2C1CCCN2C. The molecule has 72 valence electrons. The molecule has 2 rings (SSSR count). The first-order valence-corrected chi connectivity index (χ1v) is 4.87. The third-order valence-electron chi connectivity index (χ3n) is 3.26. The number of carbonyl (C=O) groups is 1. The van der Waals surface area contributed by atoms with Crippen molar-refractivity contribution >= 4 is 5.91 Å². The van der Waals surface area contributed by atoms with Crippen molar-refractivity contribution in [3.63, 3.8) is 0 Å². The van der Waals surface area contributed by atoms with Gasteiger partial charge in [0.2, 0.25) is 5.91 Å². The predicted octanol–water partition coefficient (Wildman–Crippen LogP) is 0.477. The normalized spacial score (nSPS) is 33.5. The maximum absolute atomic E-state index is 11.3. The van der Waals surface area contributed by atoms with Crippen molar-refractivity contribution in [1.82, 2.24) is 9.80 Å². The summed E-state index contributed by atoms with van der Waals surface area (Å²) < 4.78 is 0. The fourth-order valence-electron chi connectivity index (χ4n) is 2.40. The average molecular weight is 180 g/mol. The van der Waals surface area contributed by atoms with Crippen molar-refractivity contribution in [2.75, 3.05) is 20.1 Å². The first kappa shape index (κ1) is 8.75. The smallest absolute Gasteiger partial charge is 0.246 e. The Morgan fingerprint density at radius 1 is 1.54 bits per heavy atom. The van der Waals surface area contributed by atoms with Crippen LogP contribution in [-0.4, -0.2) is 47.9 Å². The van der Waals surface area contributed by atoms with Crippen molar-refractivity contribution in [2.24, 2.45) is 0 Å². The van der Waals surface area contributed by atoms with Gasteiger partial charge in [-0.3, -0.25) is 9.69 Å². The van der Waals surface area contributed by atoms with Crippen LogP contribution in [0.5, 0.6) is 0 Å². The Kier molecular flexibility index (Phi) is 2.12. The molecular formula is C10H16N2O. The van der Waals surface area contributed by atoms with Crippen molar-refractivity contribution in [1.29, 1.82) is 0 Å². The van der Waals surface area contributed by atoms with E-state index >= 15 is 0 Å². The maximum atomic E-state index is 11.3. The summed E-state index contributed by atoms with van der Waals surface area (Å²) in [5.41, 5.74) is 0. The second-order valence-corrected chi connectivity index (χ2v) is 3.95. The third kappa shape index (κ3) is 1.27. The van der Waals surface area contributed by atoms with E-state index in [9.17, 15) is 4.79 Å². The zero-order valence-electron chi connectivity index (χ0n) is 8.07. The molecule has 0 aliphatic carbocycles. The summed E-state index contributed by atoms with van der Waals surface area (Å²) in [5.74, 6) is 0.0940. The van der Waals surface area contributed by atoms with Gasteiger partial charge in [-0.15, -0.1) is 0 Å². The van der Waals surface area contributed by atoms with E-state index in [2.05, 4.69) is 18.5 Å². The van der Waals surface area contributed by atoms with Crippen molar-refractivity contribution < 1.29 is 4.79 Å². The van der Waals surface area contributed by atoms with Crippen LogP contribution in [0.4, 0.5) is 0 Å². The number of amides is 1. The molecule has 0 saturated carbocycles. The molecule has 0 bridgehead atoms. The van der Waals surface area contributed by atoms with Gasteiger partial charge in [-0.25, -0.2) is 0 Å². The fourth-order valence-corrected chi connectivity index (χ4v) is 2.40. The van der Waals surface area contributed by atoms with Crippen LogP contribution in [-0.2, 0) is 4.79 Å². The van der Waals surface area contributed by atoms with Gasteiger partial charge in [0, 0.05) is 18.6 Å². The Morgan fingerprint density at radius 3 is 3.00 bits per heavy atom. The Bertz CT molecular complexity index is 239. The molecule has 2 atom stereocenters. The van der Waals surface area contributed by atoms with Gasteiger partial charge >= 0.3 is 0 Å². The van der Waals surface area contributed by atoms with Crippen LogP contribution in [0.1, 0.15) is 12.8 Å². The molecule has 0 radical (unpaired) electrons. The Balaban J connectivity index is 2.00. The largest absolute Gasteiger partial charge is 0.333 e. The molecule has 0 aromatic rings. The standard InChI is InChI=1S/C10H16N2O/c1-3-10(13)12-7-9-8(12)5-4-6-11(9)2/h3,8-9H,1,4-7H2,2H3. The van der Waals surface area contributed by atoms with Crippen molar-refractivity contribution in [2.45, 2.75) is 24.9 Å². The molecule has 3 nitrogen and oxygen atoms in total. The van der Waals surface area contributed by atoms with Crippen LogP contribution in [0.15, 0.2) is 12.7 Å². The number of hydrogen-bond acceptors (Lipinski definition) is 2. The molecule has 3 heteroatoms. The van der Waals surface area contributed by atoms with Gasteiger partial charge in [0.15, 0.2) is 0 Å². The lowest BCUT2D eigenvalue weighted by Crippen LogP contribution is -2.69. The van der Waals surface area contributed by atoms with Gasteiger partial charge in [0.25, 0.3) is 0 Å². The van der Waals surface area contributed by atoms with Gasteiger partial charge in [-0.1, -0.05) is 6.58 Å². The summed E-state index contributed by atoms with van der Waals surface area (Å²) in [6.45, 7) is 5.59. The summed E-state index contributed by atoms with van der Waals surface area (Å²) in [6, 6.07) is 1.07. The zero-order chi connectivity index (χ0) is 9.42. The van der Waals surface area contributed by atoms with Crippen LogP contribution in [0.25, 0.3) is 0 Å². The number of nitrogens with zero attached hydrogens (tertiary/aromatic N) is 2. The highest BCUT2D eigenvalue weighted by Crippen LogP contribution is 2.30. The molecule has 0 aromatic heterocycles.